The number of hydrogen-bond acceptors (Lipinski definition) is 2. The Bertz CT molecular complexity index is 106. The van der Waals surface area contributed by atoms with E-state index in [0.717, 1.165) is 19.4 Å². The second-order valence-electron chi connectivity index (χ2n) is 3.87. The third kappa shape index (κ3) is 7.03. The first-order valence-corrected chi connectivity index (χ1v) is 5.56. The van der Waals surface area contributed by atoms with Crippen molar-refractivity contribution in [1.29, 1.82) is 0 Å². The molecule has 0 aliphatic rings. The standard InChI is InChI=1S/C11H25NO/c1-4-6-10(3)9-13-11(8-12)7-5-2/h10-11H,4-9,12H2,1-3H3. The Morgan fingerprint density at radius 1 is 1.15 bits per heavy atom. The van der Waals surface area contributed by atoms with E-state index < -0.39 is 0 Å². The van der Waals surface area contributed by atoms with Crippen molar-refractivity contribution in [2.45, 2.75) is 52.6 Å². The molecule has 2 nitrogen and oxygen atoms in total. The van der Waals surface area contributed by atoms with Crippen molar-refractivity contribution >= 4 is 0 Å². The van der Waals surface area contributed by atoms with Crippen molar-refractivity contribution in [3.8, 4) is 0 Å². The lowest BCUT2D eigenvalue weighted by Crippen LogP contribution is -2.25. The van der Waals surface area contributed by atoms with E-state index in [9.17, 15) is 0 Å². The van der Waals surface area contributed by atoms with E-state index in [1.165, 1.54) is 12.8 Å². The van der Waals surface area contributed by atoms with Gasteiger partial charge in [-0.25, -0.2) is 0 Å². The maximum absolute atomic E-state index is 5.72. The van der Waals surface area contributed by atoms with Crippen LogP contribution in [-0.4, -0.2) is 19.3 Å². The predicted octanol–water partition coefficient (Wildman–Crippen LogP) is 2.57. The van der Waals surface area contributed by atoms with Gasteiger partial charge >= 0.3 is 0 Å². The molecular weight excluding hydrogens is 162 g/mol. The molecule has 0 fully saturated rings. The van der Waals surface area contributed by atoms with Crippen LogP contribution in [0.4, 0.5) is 0 Å². The molecule has 0 bridgehead atoms. The number of rotatable bonds is 8. The van der Waals surface area contributed by atoms with Crippen LogP contribution in [0.3, 0.4) is 0 Å². The van der Waals surface area contributed by atoms with Gasteiger partial charge in [-0.3, -0.25) is 0 Å². The molecule has 13 heavy (non-hydrogen) atoms. The van der Waals surface area contributed by atoms with E-state index in [-0.39, 0.29) is 6.10 Å². The molecule has 0 saturated carbocycles. The molecule has 2 N–H and O–H groups in total. The maximum atomic E-state index is 5.72. The molecule has 2 atom stereocenters. The average Bonchev–Trinajstić information content (AvgIpc) is 2.12. The highest BCUT2D eigenvalue weighted by molar-refractivity contribution is 4.59. The quantitative estimate of drug-likeness (QED) is 0.634. The summed E-state index contributed by atoms with van der Waals surface area (Å²) in [5.74, 6) is 0.677. The first kappa shape index (κ1) is 12.9. The summed E-state index contributed by atoms with van der Waals surface area (Å²) in [5, 5.41) is 0. The van der Waals surface area contributed by atoms with Crippen molar-refractivity contribution in [1.82, 2.24) is 0 Å². The molecule has 0 radical (unpaired) electrons. The number of ether oxygens (including phenoxy) is 1. The monoisotopic (exact) mass is 187 g/mol. The highest BCUT2D eigenvalue weighted by Crippen LogP contribution is 2.08. The summed E-state index contributed by atoms with van der Waals surface area (Å²) in [6, 6.07) is 0. The fourth-order valence-corrected chi connectivity index (χ4v) is 1.47. The van der Waals surface area contributed by atoms with E-state index in [1.807, 2.05) is 0 Å². The van der Waals surface area contributed by atoms with Gasteiger partial charge in [-0.05, 0) is 18.8 Å². The SMILES string of the molecule is CCCC(C)COC(CN)CCC. The zero-order chi connectivity index (χ0) is 10.1. The Hall–Kier alpha value is -0.0800. The molecule has 0 aliphatic carbocycles. The minimum atomic E-state index is 0.282. The maximum Gasteiger partial charge on any atom is 0.0697 e. The molecule has 0 saturated heterocycles. The summed E-state index contributed by atoms with van der Waals surface area (Å²) in [6.45, 7) is 8.15. The lowest BCUT2D eigenvalue weighted by Gasteiger charge is -2.18. The molecular formula is C11H25NO. The summed E-state index contributed by atoms with van der Waals surface area (Å²) < 4.78 is 5.72. The van der Waals surface area contributed by atoms with E-state index in [0.29, 0.717) is 12.5 Å². The normalized spacial score (nSPS) is 15.7. The van der Waals surface area contributed by atoms with Crippen molar-refractivity contribution < 1.29 is 4.74 Å². The van der Waals surface area contributed by atoms with Gasteiger partial charge in [0.25, 0.3) is 0 Å². The van der Waals surface area contributed by atoms with Crippen LogP contribution < -0.4 is 5.73 Å². The lowest BCUT2D eigenvalue weighted by molar-refractivity contribution is 0.0307. The fraction of sp³-hybridized carbons (Fsp3) is 1.00. The number of hydrogen-bond donors (Lipinski definition) is 1. The zero-order valence-electron chi connectivity index (χ0n) is 9.38. The molecule has 0 aromatic heterocycles. The van der Waals surface area contributed by atoms with E-state index >= 15 is 0 Å². The summed E-state index contributed by atoms with van der Waals surface area (Å²) in [7, 11) is 0. The van der Waals surface area contributed by atoms with Gasteiger partial charge in [-0.15, -0.1) is 0 Å². The van der Waals surface area contributed by atoms with Crippen LogP contribution in [0.1, 0.15) is 46.5 Å². The fourth-order valence-electron chi connectivity index (χ4n) is 1.47. The molecule has 0 spiro atoms. The Morgan fingerprint density at radius 3 is 2.23 bits per heavy atom. The third-order valence-corrected chi connectivity index (χ3v) is 2.27. The Balaban J connectivity index is 3.46. The molecule has 0 amide bonds. The molecule has 0 aromatic carbocycles. The van der Waals surface area contributed by atoms with Gasteiger partial charge in [0.1, 0.15) is 0 Å². The lowest BCUT2D eigenvalue weighted by atomic mass is 10.1. The third-order valence-electron chi connectivity index (χ3n) is 2.27. The van der Waals surface area contributed by atoms with Gasteiger partial charge in [-0.1, -0.05) is 33.6 Å². The van der Waals surface area contributed by atoms with Gasteiger partial charge in [0, 0.05) is 13.2 Å². The van der Waals surface area contributed by atoms with Gasteiger partial charge in [0.2, 0.25) is 0 Å². The Kier molecular flexibility index (Phi) is 8.46. The average molecular weight is 187 g/mol. The van der Waals surface area contributed by atoms with Crippen molar-refractivity contribution in [3.05, 3.63) is 0 Å². The molecule has 0 rings (SSSR count). The van der Waals surface area contributed by atoms with Crippen molar-refractivity contribution in [2.75, 3.05) is 13.2 Å². The smallest absolute Gasteiger partial charge is 0.0697 e. The van der Waals surface area contributed by atoms with Crippen LogP contribution in [0.25, 0.3) is 0 Å². The van der Waals surface area contributed by atoms with Crippen LogP contribution in [0.2, 0.25) is 0 Å². The first-order valence-electron chi connectivity index (χ1n) is 5.56. The van der Waals surface area contributed by atoms with Crippen LogP contribution in [0.15, 0.2) is 0 Å². The largest absolute Gasteiger partial charge is 0.377 e. The summed E-state index contributed by atoms with van der Waals surface area (Å²) in [6.07, 6.45) is 5.03. The molecule has 0 aromatic rings. The van der Waals surface area contributed by atoms with Crippen molar-refractivity contribution in [3.63, 3.8) is 0 Å². The van der Waals surface area contributed by atoms with Gasteiger partial charge in [-0.2, -0.15) is 0 Å². The second kappa shape index (κ2) is 8.52. The molecule has 2 heteroatoms. The highest BCUT2D eigenvalue weighted by atomic mass is 16.5. The van der Waals surface area contributed by atoms with E-state index in [2.05, 4.69) is 20.8 Å². The Morgan fingerprint density at radius 2 is 1.77 bits per heavy atom. The van der Waals surface area contributed by atoms with E-state index in [1.54, 1.807) is 0 Å². The summed E-state index contributed by atoms with van der Waals surface area (Å²) in [4.78, 5) is 0. The molecule has 0 heterocycles. The highest BCUT2D eigenvalue weighted by Gasteiger charge is 2.07. The summed E-state index contributed by atoms with van der Waals surface area (Å²) >= 11 is 0. The minimum Gasteiger partial charge on any atom is -0.377 e. The van der Waals surface area contributed by atoms with Crippen molar-refractivity contribution in [2.24, 2.45) is 11.7 Å². The second-order valence-corrected chi connectivity index (χ2v) is 3.87. The molecule has 2 unspecified atom stereocenters. The van der Waals surface area contributed by atoms with Crippen LogP contribution >= 0.6 is 0 Å². The topological polar surface area (TPSA) is 35.2 Å². The minimum absolute atomic E-state index is 0.282. The van der Waals surface area contributed by atoms with Crippen LogP contribution in [0, 0.1) is 5.92 Å². The van der Waals surface area contributed by atoms with Gasteiger partial charge in [0.05, 0.1) is 6.10 Å². The molecule has 80 valence electrons. The van der Waals surface area contributed by atoms with Crippen LogP contribution in [-0.2, 0) is 4.74 Å². The Labute approximate surface area is 82.8 Å². The van der Waals surface area contributed by atoms with E-state index in [4.69, 9.17) is 10.5 Å². The van der Waals surface area contributed by atoms with Crippen LogP contribution in [0.5, 0.6) is 0 Å². The zero-order valence-corrected chi connectivity index (χ0v) is 9.38. The first-order chi connectivity index (χ1) is 6.24. The number of nitrogens with two attached hydrogens (primary N) is 1. The van der Waals surface area contributed by atoms with Gasteiger partial charge < -0.3 is 10.5 Å². The molecule has 0 aliphatic heterocycles. The predicted molar refractivity (Wildman–Crippen MR) is 57.8 cm³/mol. The summed E-state index contributed by atoms with van der Waals surface area (Å²) in [5.41, 5.74) is 5.59. The van der Waals surface area contributed by atoms with Gasteiger partial charge in [0.15, 0.2) is 0 Å².